The Morgan fingerprint density at radius 1 is 1.00 bits per heavy atom. The summed E-state index contributed by atoms with van der Waals surface area (Å²) in [4.78, 5) is 0.639. The van der Waals surface area contributed by atoms with Crippen molar-refractivity contribution < 1.29 is 0 Å². The van der Waals surface area contributed by atoms with Crippen molar-refractivity contribution in [2.24, 2.45) is 0 Å². The summed E-state index contributed by atoms with van der Waals surface area (Å²) in [5, 5.41) is 0. The van der Waals surface area contributed by atoms with E-state index in [1.54, 1.807) is 0 Å². The highest BCUT2D eigenvalue weighted by atomic mass is 79.9. The van der Waals surface area contributed by atoms with Crippen molar-refractivity contribution in [1.29, 1.82) is 0 Å². The predicted molar refractivity (Wildman–Crippen MR) is 54.2 cm³/mol. The van der Waals surface area contributed by atoms with Gasteiger partial charge >= 0.3 is 0 Å². The van der Waals surface area contributed by atoms with Gasteiger partial charge in [-0.05, 0) is 19.3 Å². The van der Waals surface area contributed by atoms with Crippen molar-refractivity contribution in [1.82, 2.24) is 0 Å². The second-order valence-corrected chi connectivity index (χ2v) is 4.47. The maximum Gasteiger partial charge on any atom is 0.0325 e. The van der Waals surface area contributed by atoms with Crippen LogP contribution in [0.5, 0.6) is 0 Å². The van der Waals surface area contributed by atoms with E-state index in [1.165, 1.54) is 44.9 Å². The monoisotopic (exact) mass is 216 g/mol. The van der Waals surface area contributed by atoms with E-state index in [0.717, 1.165) is 0 Å². The molecule has 0 bridgehead atoms. The molecule has 1 aliphatic rings. The number of halogens is 1. The van der Waals surface area contributed by atoms with Crippen LogP contribution in [-0.4, -0.2) is 4.83 Å². The Balaban J connectivity index is 2.26. The fraction of sp³-hybridized carbons (Fsp3) is 0.800. The molecule has 0 saturated heterocycles. The lowest BCUT2D eigenvalue weighted by atomic mass is 10.1. The van der Waals surface area contributed by atoms with Crippen molar-refractivity contribution >= 4 is 15.9 Å². The van der Waals surface area contributed by atoms with Crippen molar-refractivity contribution in [3.8, 4) is 0 Å². The molecule has 0 saturated carbocycles. The SMILES string of the molecule is BrC1/C=C\CCCCCCC1. The molecular weight excluding hydrogens is 200 g/mol. The molecule has 1 unspecified atom stereocenters. The van der Waals surface area contributed by atoms with E-state index in [1.807, 2.05) is 0 Å². The first-order valence-corrected chi connectivity index (χ1v) is 5.62. The standard InChI is InChI=1S/C10H17Br/c11-10-8-6-4-2-1-3-5-7-9-10/h6,8,10H,1-5,7,9H2/b8-6-. The van der Waals surface area contributed by atoms with E-state index in [4.69, 9.17) is 0 Å². The van der Waals surface area contributed by atoms with Crippen LogP contribution in [0.2, 0.25) is 0 Å². The molecule has 0 spiro atoms. The molecule has 0 aromatic heterocycles. The van der Waals surface area contributed by atoms with Crippen molar-refractivity contribution in [3.05, 3.63) is 12.2 Å². The number of alkyl halides is 1. The molecule has 0 aromatic rings. The summed E-state index contributed by atoms with van der Waals surface area (Å²) in [6, 6.07) is 0. The quantitative estimate of drug-likeness (QED) is 0.424. The number of hydrogen-bond donors (Lipinski definition) is 0. The molecule has 1 heteroatoms. The molecule has 0 amide bonds. The van der Waals surface area contributed by atoms with Gasteiger partial charge in [0.25, 0.3) is 0 Å². The molecule has 1 atom stereocenters. The maximum atomic E-state index is 3.65. The molecule has 64 valence electrons. The smallest absolute Gasteiger partial charge is 0.0325 e. The van der Waals surface area contributed by atoms with Crippen LogP contribution in [0.15, 0.2) is 12.2 Å². The lowest BCUT2D eigenvalue weighted by Gasteiger charge is -2.06. The second-order valence-electron chi connectivity index (χ2n) is 3.29. The minimum atomic E-state index is 0.639. The Bertz CT molecular complexity index is 118. The van der Waals surface area contributed by atoms with Crippen LogP contribution >= 0.6 is 15.9 Å². The molecule has 0 heterocycles. The third kappa shape index (κ3) is 4.62. The molecule has 0 radical (unpaired) electrons. The van der Waals surface area contributed by atoms with Gasteiger partial charge in [-0.1, -0.05) is 53.8 Å². The Morgan fingerprint density at radius 2 is 1.73 bits per heavy atom. The van der Waals surface area contributed by atoms with Crippen LogP contribution in [0.3, 0.4) is 0 Å². The number of rotatable bonds is 0. The van der Waals surface area contributed by atoms with Crippen LogP contribution < -0.4 is 0 Å². The average Bonchev–Trinajstić information content (AvgIpc) is 2.03. The number of hydrogen-bond acceptors (Lipinski definition) is 0. The minimum Gasteiger partial charge on any atom is -0.0874 e. The van der Waals surface area contributed by atoms with Crippen LogP contribution in [0.1, 0.15) is 44.9 Å². The second kappa shape index (κ2) is 5.82. The van der Waals surface area contributed by atoms with E-state index >= 15 is 0 Å². The minimum absolute atomic E-state index is 0.639. The van der Waals surface area contributed by atoms with E-state index in [2.05, 4.69) is 28.1 Å². The van der Waals surface area contributed by atoms with E-state index in [9.17, 15) is 0 Å². The zero-order valence-corrected chi connectivity index (χ0v) is 8.65. The van der Waals surface area contributed by atoms with Gasteiger partial charge in [-0.15, -0.1) is 0 Å². The third-order valence-corrected chi connectivity index (χ3v) is 2.96. The summed E-state index contributed by atoms with van der Waals surface area (Å²) in [7, 11) is 0. The van der Waals surface area contributed by atoms with Gasteiger partial charge in [0.1, 0.15) is 0 Å². The zero-order valence-electron chi connectivity index (χ0n) is 7.06. The predicted octanol–water partition coefficient (Wildman–Crippen LogP) is 4.05. The van der Waals surface area contributed by atoms with Crippen molar-refractivity contribution in [3.63, 3.8) is 0 Å². The lowest BCUT2D eigenvalue weighted by Crippen LogP contribution is -1.93. The van der Waals surface area contributed by atoms with Crippen molar-refractivity contribution in [2.75, 3.05) is 0 Å². The van der Waals surface area contributed by atoms with E-state index in [-0.39, 0.29) is 0 Å². The lowest BCUT2D eigenvalue weighted by molar-refractivity contribution is 0.597. The fourth-order valence-electron chi connectivity index (χ4n) is 1.47. The highest BCUT2D eigenvalue weighted by Gasteiger charge is 2.00. The molecule has 11 heavy (non-hydrogen) atoms. The summed E-state index contributed by atoms with van der Waals surface area (Å²) in [6.45, 7) is 0. The molecule has 1 rings (SSSR count). The highest BCUT2D eigenvalue weighted by molar-refractivity contribution is 9.09. The molecule has 0 aromatic carbocycles. The summed E-state index contributed by atoms with van der Waals surface area (Å²) in [6.07, 6.45) is 14.3. The van der Waals surface area contributed by atoms with Gasteiger partial charge in [-0.3, -0.25) is 0 Å². The van der Waals surface area contributed by atoms with Crippen LogP contribution in [-0.2, 0) is 0 Å². The molecule has 0 aliphatic heterocycles. The van der Waals surface area contributed by atoms with Crippen LogP contribution in [0.25, 0.3) is 0 Å². The third-order valence-electron chi connectivity index (χ3n) is 2.20. The van der Waals surface area contributed by atoms with Crippen molar-refractivity contribution in [2.45, 2.75) is 49.8 Å². The fourth-order valence-corrected chi connectivity index (χ4v) is 2.01. The molecular formula is C10H17Br. The summed E-state index contributed by atoms with van der Waals surface area (Å²) in [5.41, 5.74) is 0. The topological polar surface area (TPSA) is 0 Å². The van der Waals surface area contributed by atoms with Gasteiger partial charge in [0.15, 0.2) is 0 Å². The van der Waals surface area contributed by atoms with Gasteiger partial charge in [-0.2, -0.15) is 0 Å². The summed E-state index contributed by atoms with van der Waals surface area (Å²) < 4.78 is 0. The first-order valence-electron chi connectivity index (χ1n) is 4.70. The Kier molecular flexibility index (Phi) is 4.92. The Hall–Kier alpha value is 0.220. The van der Waals surface area contributed by atoms with E-state index in [0.29, 0.717) is 4.83 Å². The summed E-state index contributed by atoms with van der Waals surface area (Å²) in [5.74, 6) is 0. The first kappa shape index (κ1) is 9.31. The normalized spacial score (nSPS) is 31.2. The maximum absolute atomic E-state index is 3.65. The van der Waals surface area contributed by atoms with Gasteiger partial charge < -0.3 is 0 Å². The van der Waals surface area contributed by atoms with Gasteiger partial charge in [0.05, 0.1) is 0 Å². The first-order chi connectivity index (χ1) is 5.39. The summed E-state index contributed by atoms with van der Waals surface area (Å²) >= 11 is 3.65. The van der Waals surface area contributed by atoms with Gasteiger partial charge in [0, 0.05) is 4.83 Å². The Labute approximate surface area is 78.2 Å². The molecule has 0 nitrogen and oxygen atoms in total. The average molecular weight is 217 g/mol. The largest absolute Gasteiger partial charge is 0.0874 e. The molecule has 0 N–H and O–H groups in total. The van der Waals surface area contributed by atoms with E-state index < -0.39 is 0 Å². The van der Waals surface area contributed by atoms with Crippen LogP contribution in [0, 0.1) is 0 Å². The van der Waals surface area contributed by atoms with Crippen LogP contribution in [0.4, 0.5) is 0 Å². The van der Waals surface area contributed by atoms with Gasteiger partial charge in [-0.25, -0.2) is 0 Å². The molecule has 1 aliphatic carbocycles. The zero-order chi connectivity index (χ0) is 7.94. The number of allylic oxidation sites excluding steroid dienone is 2. The van der Waals surface area contributed by atoms with Gasteiger partial charge in [0.2, 0.25) is 0 Å². The Morgan fingerprint density at radius 3 is 2.64 bits per heavy atom. The molecule has 0 fully saturated rings. The highest BCUT2D eigenvalue weighted by Crippen LogP contribution is 2.16.